The highest BCUT2D eigenvalue weighted by molar-refractivity contribution is 7.92. The van der Waals surface area contributed by atoms with Crippen molar-refractivity contribution in [1.82, 2.24) is 5.16 Å². The summed E-state index contributed by atoms with van der Waals surface area (Å²) in [5, 5.41) is 6.37. The third kappa shape index (κ3) is 4.70. The smallest absolute Gasteiger partial charge is 0.255 e. The predicted molar refractivity (Wildman–Crippen MR) is 121 cm³/mol. The van der Waals surface area contributed by atoms with Crippen LogP contribution >= 0.6 is 0 Å². The molecule has 0 bridgehead atoms. The normalized spacial score (nSPS) is 14.4. The largest absolute Gasteiger partial charge is 0.489 e. The van der Waals surface area contributed by atoms with Crippen molar-refractivity contribution in [3.63, 3.8) is 0 Å². The molecule has 1 N–H and O–H groups in total. The fourth-order valence-corrected chi connectivity index (χ4v) is 5.83. The van der Waals surface area contributed by atoms with Crippen LogP contribution in [0.5, 0.6) is 5.75 Å². The molecule has 7 nitrogen and oxygen atoms in total. The van der Waals surface area contributed by atoms with E-state index in [1.165, 1.54) is 6.07 Å². The molecular weight excluding hydrogens is 428 g/mol. The molecule has 1 aromatic heterocycles. The maximum atomic E-state index is 12.9. The van der Waals surface area contributed by atoms with Crippen LogP contribution in [0.25, 0.3) is 0 Å². The second-order valence-electron chi connectivity index (χ2n) is 8.05. The summed E-state index contributed by atoms with van der Waals surface area (Å²) in [6.07, 6.45) is 3.27. The molecule has 3 aromatic rings. The van der Waals surface area contributed by atoms with E-state index >= 15 is 0 Å². The third-order valence-electron chi connectivity index (χ3n) is 5.82. The van der Waals surface area contributed by atoms with Gasteiger partial charge in [-0.2, -0.15) is 0 Å². The monoisotopic (exact) mass is 454 g/mol. The summed E-state index contributed by atoms with van der Waals surface area (Å²) in [4.78, 5) is 13.0. The Morgan fingerprint density at radius 1 is 1.12 bits per heavy atom. The number of carbonyl (C=O) groups excluding carboxylic acids is 1. The summed E-state index contributed by atoms with van der Waals surface area (Å²) < 4.78 is 36.7. The zero-order chi connectivity index (χ0) is 22.7. The van der Waals surface area contributed by atoms with Gasteiger partial charge in [0.05, 0.1) is 21.4 Å². The highest BCUT2D eigenvalue weighted by atomic mass is 32.2. The number of nitrogens with zero attached hydrogens (tertiary/aromatic N) is 1. The molecule has 1 aliphatic carbocycles. The van der Waals surface area contributed by atoms with Crippen molar-refractivity contribution in [3.05, 3.63) is 71.1 Å². The Balaban J connectivity index is 1.46. The summed E-state index contributed by atoms with van der Waals surface area (Å²) >= 11 is 0. The number of hydrogen-bond donors (Lipinski definition) is 1. The van der Waals surface area contributed by atoms with Gasteiger partial charge in [-0.1, -0.05) is 30.1 Å². The number of aryl methyl sites for hydroxylation is 2. The molecule has 0 unspecified atom stereocenters. The topological polar surface area (TPSA) is 98.5 Å². The Morgan fingerprint density at radius 3 is 2.59 bits per heavy atom. The fraction of sp³-hybridized carbons (Fsp3) is 0.333. The van der Waals surface area contributed by atoms with Crippen molar-refractivity contribution in [2.75, 3.05) is 5.32 Å². The molecule has 4 rings (SSSR count). The first-order valence-corrected chi connectivity index (χ1v) is 12.2. The summed E-state index contributed by atoms with van der Waals surface area (Å²) in [7, 11) is -3.39. The van der Waals surface area contributed by atoms with Crippen LogP contribution in [0, 0.1) is 13.8 Å². The molecule has 1 saturated carbocycles. The molecule has 0 spiro atoms. The average Bonchev–Trinajstić information content (AvgIpc) is 3.44. The van der Waals surface area contributed by atoms with Gasteiger partial charge in [0.2, 0.25) is 0 Å². The number of benzene rings is 2. The molecule has 8 heteroatoms. The molecule has 0 saturated heterocycles. The van der Waals surface area contributed by atoms with Gasteiger partial charge < -0.3 is 14.6 Å². The van der Waals surface area contributed by atoms with Crippen molar-refractivity contribution in [1.29, 1.82) is 0 Å². The predicted octanol–water partition coefficient (Wildman–Crippen LogP) is 4.84. The lowest BCUT2D eigenvalue weighted by atomic mass is 10.2. The van der Waals surface area contributed by atoms with Crippen LogP contribution in [-0.2, 0) is 16.4 Å². The number of hydrogen-bond acceptors (Lipinski definition) is 6. The number of amides is 1. The molecular formula is C24H26N2O5S. The van der Waals surface area contributed by atoms with Crippen LogP contribution in [-0.4, -0.2) is 24.7 Å². The van der Waals surface area contributed by atoms with Gasteiger partial charge in [-0.05, 0) is 63.1 Å². The van der Waals surface area contributed by atoms with Gasteiger partial charge in [-0.25, -0.2) is 8.42 Å². The van der Waals surface area contributed by atoms with Crippen LogP contribution in [0.1, 0.15) is 53.1 Å². The molecule has 168 valence electrons. The van der Waals surface area contributed by atoms with Gasteiger partial charge in [0, 0.05) is 11.3 Å². The lowest BCUT2D eigenvalue weighted by Crippen LogP contribution is -2.18. The van der Waals surface area contributed by atoms with Crippen LogP contribution < -0.4 is 10.1 Å². The first kappa shape index (κ1) is 22.1. The van der Waals surface area contributed by atoms with E-state index in [1.54, 1.807) is 42.5 Å². The van der Waals surface area contributed by atoms with Crippen molar-refractivity contribution in [2.45, 2.75) is 56.3 Å². The molecule has 0 atom stereocenters. The van der Waals surface area contributed by atoms with Crippen molar-refractivity contribution < 1.29 is 22.5 Å². The molecule has 1 aliphatic rings. The van der Waals surface area contributed by atoms with E-state index in [9.17, 15) is 13.2 Å². The van der Waals surface area contributed by atoms with Gasteiger partial charge in [-0.3, -0.25) is 4.79 Å². The second-order valence-corrected chi connectivity index (χ2v) is 10.3. The van der Waals surface area contributed by atoms with Gasteiger partial charge in [0.1, 0.15) is 18.1 Å². The van der Waals surface area contributed by atoms with E-state index in [0.717, 1.165) is 24.1 Å². The number of nitrogens with one attached hydrogen (secondary N) is 1. The highest BCUT2D eigenvalue weighted by Gasteiger charge is 2.30. The van der Waals surface area contributed by atoms with Gasteiger partial charge in [0.15, 0.2) is 9.84 Å². The van der Waals surface area contributed by atoms with Gasteiger partial charge in [-0.15, -0.1) is 0 Å². The first-order chi connectivity index (χ1) is 15.3. The number of ether oxygens (including phenoxy) is 1. The van der Waals surface area contributed by atoms with Crippen molar-refractivity contribution >= 4 is 21.4 Å². The number of aromatic nitrogens is 1. The fourth-order valence-electron chi connectivity index (χ4n) is 3.94. The van der Waals surface area contributed by atoms with Crippen LogP contribution in [0.2, 0.25) is 0 Å². The Kier molecular flexibility index (Phi) is 6.32. The van der Waals surface area contributed by atoms with Crippen molar-refractivity contribution in [2.24, 2.45) is 0 Å². The Morgan fingerprint density at radius 2 is 1.88 bits per heavy atom. The highest BCUT2D eigenvalue weighted by Crippen LogP contribution is 2.30. The van der Waals surface area contributed by atoms with Crippen molar-refractivity contribution in [3.8, 4) is 5.75 Å². The second kappa shape index (κ2) is 9.16. The van der Waals surface area contributed by atoms with Crippen LogP contribution in [0.3, 0.4) is 0 Å². The standard InChI is InChI=1S/C24H26N2O5S/c1-16-23(17(2)31-26-16)15-30-20-9-5-7-18(13-20)24(27)25-19-8-6-12-22(14-19)32(28,29)21-10-3-4-11-21/h5-9,12-14,21H,3-4,10-11,15H2,1-2H3,(H,25,27). The number of carbonyl (C=O) groups is 1. The minimum absolute atomic E-state index is 0.249. The molecule has 0 aliphatic heterocycles. The summed E-state index contributed by atoms with van der Waals surface area (Å²) in [6, 6.07) is 13.3. The minimum atomic E-state index is -3.39. The lowest BCUT2D eigenvalue weighted by Gasteiger charge is -2.13. The molecule has 1 amide bonds. The van der Waals surface area contributed by atoms with E-state index in [-0.39, 0.29) is 22.7 Å². The molecule has 0 radical (unpaired) electrons. The van der Waals surface area contributed by atoms with E-state index in [0.29, 0.717) is 35.6 Å². The SMILES string of the molecule is Cc1noc(C)c1COc1cccc(C(=O)Nc2cccc(S(=O)(=O)C3CCCC3)c2)c1. The number of rotatable bonds is 7. The maximum Gasteiger partial charge on any atom is 0.255 e. The first-order valence-electron chi connectivity index (χ1n) is 10.6. The quantitative estimate of drug-likeness (QED) is 0.549. The summed E-state index contributed by atoms with van der Waals surface area (Å²) in [6.45, 7) is 3.96. The summed E-state index contributed by atoms with van der Waals surface area (Å²) in [5.41, 5.74) is 2.49. The van der Waals surface area contributed by atoms with Gasteiger partial charge >= 0.3 is 0 Å². The molecule has 2 aromatic carbocycles. The lowest BCUT2D eigenvalue weighted by molar-refractivity contribution is 0.102. The Labute approximate surface area is 187 Å². The molecule has 1 heterocycles. The van der Waals surface area contributed by atoms with Crippen LogP contribution in [0.15, 0.2) is 57.9 Å². The summed E-state index contributed by atoms with van der Waals surface area (Å²) in [5.74, 6) is 0.891. The Hall–Kier alpha value is -3.13. The maximum absolute atomic E-state index is 12.9. The third-order valence-corrected chi connectivity index (χ3v) is 8.08. The number of sulfone groups is 1. The van der Waals surface area contributed by atoms with E-state index in [2.05, 4.69) is 10.5 Å². The zero-order valence-corrected chi connectivity index (χ0v) is 18.9. The van der Waals surface area contributed by atoms with Crippen LogP contribution in [0.4, 0.5) is 5.69 Å². The van der Waals surface area contributed by atoms with E-state index < -0.39 is 9.84 Å². The van der Waals surface area contributed by atoms with E-state index in [4.69, 9.17) is 9.26 Å². The minimum Gasteiger partial charge on any atom is -0.489 e. The number of anilines is 1. The molecule has 1 fully saturated rings. The zero-order valence-electron chi connectivity index (χ0n) is 18.1. The average molecular weight is 455 g/mol. The van der Waals surface area contributed by atoms with E-state index in [1.807, 2.05) is 13.8 Å². The Bertz CT molecular complexity index is 1210. The molecule has 32 heavy (non-hydrogen) atoms. The van der Waals surface area contributed by atoms with Gasteiger partial charge in [0.25, 0.3) is 5.91 Å².